The highest BCUT2D eigenvalue weighted by Crippen LogP contribution is 2.30. The van der Waals surface area contributed by atoms with Crippen molar-refractivity contribution in [3.05, 3.63) is 0 Å². The van der Waals surface area contributed by atoms with E-state index in [1.54, 1.807) is 13.4 Å². The first-order valence-electron chi connectivity index (χ1n) is 10.2. The zero-order valence-corrected chi connectivity index (χ0v) is 18.4. The smallest absolute Gasteiger partial charge is 0.237 e. The van der Waals surface area contributed by atoms with Gasteiger partial charge in [0.15, 0.2) is 0 Å². The van der Waals surface area contributed by atoms with Crippen molar-refractivity contribution in [1.82, 2.24) is 10.6 Å². The van der Waals surface area contributed by atoms with Gasteiger partial charge in [0.05, 0.1) is 31.4 Å². The summed E-state index contributed by atoms with van der Waals surface area (Å²) in [6.45, 7) is 5.50. The number of carbonyl (C=O) groups excluding carboxylic acids is 1. The number of piperidine rings is 1. The number of aliphatic hydroxyl groups excluding tert-OH is 3. The summed E-state index contributed by atoms with van der Waals surface area (Å²) in [5.41, 5.74) is -0.678. The predicted octanol–water partition coefficient (Wildman–Crippen LogP) is -0.919. The summed E-state index contributed by atoms with van der Waals surface area (Å²) < 4.78 is 16.6. The number of aliphatic hydroxyl groups is 3. The van der Waals surface area contributed by atoms with E-state index in [1.165, 1.54) is 11.8 Å². The van der Waals surface area contributed by atoms with Crippen LogP contribution in [-0.2, 0) is 19.0 Å². The topological polar surface area (TPSA) is 130 Å². The molecule has 0 saturated carbocycles. The van der Waals surface area contributed by atoms with Gasteiger partial charge in [0, 0.05) is 7.11 Å². The molecule has 29 heavy (non-hydrogen) atoms. The average Bonchev–Trinajstić information content (AvgIpc) is 2.71. The number of nitrogens with one attached hydrogen (secondary N) is 2. The van der Waals surface area contributed by atoms with Crippen LogP contribution in [0.15, 0.2) is 0 Å². The van der Waals surface area contributed by atoms with Gasteiger partial charge in [0.1, 0.15) is 29.9 Å². The van der Waals surface area contributed by atoms with Crippen LogP contribution in [0.2, 0.25) is 0 Å². The molecule has 2 saturated heterocycles. The molecule has 0 radical (unpaired) electrons. The molecule has 2 fully saturated rings. The summed E-state index contributed by atoms with van der Waals surface area (Å²) in [5, 5.41) is 37.0. The minimum absolute atomic E-state index is 0.0194. The van der Waals surface area contributed by atoms with E-state index in [4.69, 9.17) is 14.2 Å². The lowest BCUT2D eigenvalue weighted by Crippen LogP contribution is -2.65. The molecular weight excluding hydrogens is 400 g/mol. The van der Waals surface area contributed by atoms with Crippen molar-refractivity contribution in [3.63, 3.8) is 0 Å². The minimum atomic E-state index is -1.34. The Bertz CT molecular complexity index is 511. The van der Waals surface area contributed by atoms with E-state index in [0.29, 0.717) is 26.2 Å². The standard InChI is InChI=1S/C19H36N2O7S/c1-10(2)13(17-15(23)14(22)16(24)19(28-17)29-4)21-18(25)12-9-11(5-6-20-12)27-8-7-26-3/h10-17,19-20,22-24H,5-9H2,1-4H3,(H,21,25)/t11-,12+,13-,14+,15-,16-,17-,19-/m1/s1. The largest absolute Gasteiger partial charge is 0.388 e. The van der Waals surface area contributed by atoms with Crippen molar-refractivity contribution < 1.29 is 34.3 Å². The van der Waals surface area contributed by atoms with Crippen LogP contribution in [0.4, 0.5) is 0 Å². The molecule has 170 valence electrons. The molecule has 2 rings (SSSR count). The third kappa shape index (κ3) is 6.51. The van der Waals surface area contributed by atoms with Crippen LogP contribution in [0.5, 0.6) is 0 Å². The highest BCUT2D eigenvalue weighted by molar-refractivity contribution is 7.99. The summed E-state index contributed by atoms with van der Waals surface area (Å²) in [5.74, 6) is -0.248. The van der Waals surface area contributed by atoms with Gasteiger partial charge in [-0.05, 0) is 31.6 Å². The molecule has 0 aliphatic carbocycles. The Morgan fingerprint density at radius 1 is 1.24 bits per heavy atom. The Morgan fingerprint density at radius 3 is 2.59 bits per heavy atom. The van der Waals surface area contributed by atoms with E-state index in [2.05, 4.69) is 10.6 Å². The van der Waals surface area contributed by atoms with Crippen molar-refractivity contribution in [2.45, 2.75) is 74.7 Å². The fourth-order valence-electron chi connectivity index (χ4n) is 3.79. The monoisotopic (exact) mass is 436 g/mol. The van der Waals surface area contributed by atoms with Gasteiger partial charge in [0.25, 0.3) is 0 Å². The van der Waals surface area contributed by atoms with Crippen LogP contribution in [0.25, 0.3) is 0 Å². The highest BCUT2D eigenvalue weighted by Gasteiger charge is 2.47. The molecule has 0 spiro atoms. The van der Waals surface area contributed by atoms with E-state index < -0.39 is 41.9 Å². The molecular formula is C19H36N2O7S. The van der Waals surface area contributed by atoms with E-state index >= 15 is 0 Å². The number of hydrogen-bond donors (Lipinski definition) is 5. The lowest BCUT2D eigenvalue weighted by Gasteiger charge is -2.44. The van der Waals surface area contributed by atoms with Gasteiger partial charge >= 0.3 is 0 Å². The zero-order valence-electron chi connectivity index (χ0n) is 17.6. The van der Waals surface area contributed by atoms with Crippen LogP contribution >= 0.6 is 11.8 Å². The number of ether oxygens (including phenoxy) is 3. The fourth-order valence-corrected chi connectivity index (χ4v) is 4.47. The average molecular weight is 437 g/mol. The third-order valence-corrected chi connectivity index (χ3v) is 6.39. The quantitative estimate of drug-likeness (QED) is 0.291. The maximum Gasteiger partial charge on any atom is 0.237 e. The molecule has 2 aliphatic rings. The summed E-state index contributed by atoms with van der Waals surface area (Å²) >= 11 is 1.25. The number of hydrogen-bond acceptors (Lipinski definition) is 9. The Hall–Kier alpha value is -0.460. The molecule has 0 unspecified atom stereocenters. The SMILES string of the molecule is COCCO[C@@H]1CCN[C@H](C(=O)N[C@H](C(C)C)[C@H]2O[C@H](SC)[C@H](O)[C@@H](O)[C@H]2O)C1. The van der Waals surface area contributed by atoms with Gasteiger partial charge < -0.3 is 40.2 Å². The number of amides is 1. The first-order valence-corrected chi connectivity index (χ1v) is 11.5. The number of thioether (sulfide) groups is 1. The molecule has 10 heteroatoms. The van der Waals surface area contributed by atoms with Crippen LogP contribution < -0.4 is 10.6 Å². The van der Waals surface area contributed by atoms with Crippen molar-refractivity contribution in [1.29, 1.82) is 0 Å². The summed E-state index contributed by atoms with van der Waals surface area (Å²) in [6.07, 6.45) is -1.55. The molecule has 0 aromatic rings. The molecule has 8 atom stereocenters. The first kappa shape index (κ1) is 24.8. The Morgan fingerprint density at radius 2 is 1.97 bits per heavy atom. The lowest BCUT2D eigenvalue weighted by atomic mass is 9.88. The van der Waals surface area contributed by atoms with E-state index in [0.717, 1.165) is 6.42 Å². The molecule has 0 aromatic heterocycles. The van der Waals surface area contributed by atoms with Crippen molar-refractivity contribution in [2.75, 3.05) is 33.1 Å². The molecule has 5 N–H and O–H groups in total. The van der Waals surface area contributed by atoms with Gasteiger partial charge in [-0.2, -0.15) is 0 Å². The molecule has 0 aromatic carbocycles. The van der Waals surface area contributed by atoms with E-state index in [9.17, 15) is 20.1 Å². The number of carbonyl (C=O) groups is 1. The summed E-state index contributed by atoms with van der Waals surface area (Å²) in [4.78, 5) is 12.9. The van der Waals surface area contributed by atoms with Gasteiger partial charge in [-0.1, -0.05) is 13.8 Å². The number of rotatable bonds is 9. The van der Waals surface area contributed by atoms with Gasteiger partial charge in [-0.15, -0.1) is 11.8 Å². The Labute approximate surface area is 176 Å². The highest BCUT2D eigenvalue weighted by atomic mass is 32.2. The normalized spacial score (nSPS) is 36.8. The minimum Gasteiger partial charge on any atom is -0.388 e. The maximum atomic E-state index is 12.9. The second-order valence-electron chi connectivity index (χ2n) is 7.97. The maximum absolute atomic E-state index is 12.9. The van der Waals surface area contributed by atoms with E-state index in [-0.39, 0.29) is 17.9 Å². The third-order valence-electron chi connectivity index (χ3n) is 5.53. The molecule has 2 aliphatic heterocycles. The zero-order chi connectivity index (χ0) is 21.6. The molecule has 0 bridgehead atoms. The Balaban J connectivity index is 2.01. The lowest BCUT2D eigenvalue weighted by molar-refractivity contribution is -0.208. The predicted molar refractivity (Wildman–Crippen MR) is 110 cm³/mol. The number of methoxy groups -OCH3 is 1. The molecule has 2 heterocycles. The summed E-state index contributed by atoms with van der Waals surface area (Å²) in [6, 6.07) is -0.934. The van der Waals surface area contributed by atoms with Gasteiger partial charge in [0.2, 0.25) is 5.91 Å². The van der Waals surface area contributed by atoms with Crippen LogP contribution in [0, 0.1) is 5.92 Å². The van der Waals surface area contributed by atoms with Crippen LogP contribution in [0.3, 0.4) is 0 Å². The Kier molecular flexibility index (Phi) is 10.1. The fraction of sp³-hybridized carbons (Fsp3) is 0.947. The second kappa shape index (κ2) is 11.8. The first-order chi connectivity index (χ1) is 13.8. The van der Waals surface area contributed by atoms with E-state index in [1.807, 2.05) is 13.8 Å². The van der Waals surface area contributed by atoms with Crippen molar-refractivity contribution >= 4 is 17.7 Å². The van der Waals surface area contributed by atoms with Crippen molar-refractivity contribution in [3.8, 4) is 0 Å². The second-order valence-corrected chi connectivity index (χ2v) is 8.91. The van der Waals surface area contributed by atoms with Gasteiger partial charge in [-0.3, -0.25) is 4.79 Å². The van der Waals surface area contributed by atoms with Crippen LogP contribution in [-0.4, -0.2) is 102 Å². The molecule has 9 nitrogen and oxygen atoms in total. The van der Waals surface area contributed by atoms with Crippen molar-refractivity contribution in [2.24, 2.45) is 5.92 Å². The summed E-state index contributed by atoms with van der Waals surface area (Å²) in [7, 11) is 1.62. The van der Waals surface area contributed by atoms with Gasteiger partial charge in [-0.25, -0.2) is 0 Å². The van der Waals surface area contributed by atoms with Crippen LogP contribution in [0.1, 0.15) is 26.7 Å². The molecule has 1 amide bonds.